The molecule has 13 heteroatoms. The fraction of sp³-hybridized carbons (Fsp3) is 0.550. The van der Waals surface area contributed by atoms with Gasteiger partial charge in [0.2, 0.25) is 21.8 Å². The Morgan fingerprint density at radius 2 is 1.82 bits per heavy atom. The van der Waals surface area contributed by atoms with Crippen LogP contribution in [0.4, 0.5) is 0 Å². The fourth-order valence-electron chi connectivity index (χ4n) is 3.53. The van der Waals surface area contributed by atoms with Crippen LogP contribution >= 0.6 is 12.4 Å². The molecule has 0 saturated carbocycles. The van der Waals surface area contributed by atoms with Gasteiger partial charge in [-0.15, -0.1) is 12.4 Å². The van der Waals surface area contributed by atoms with Crippen molar-refractivity contribution in [2.45, 2.75) is 56.6 Å². The van der Waals surface area contributed by atoms with Crippen LogP contribution in [0.5, 0.6) is 0 Å². The maximum absolute atomic E-state index is 13.1. The molecule has 33 heavy (non-hydrogen) atoms. The summed E-state index contributed by atoms with van der Waals surface area (Å²) in [5.41, 5.74) is 8.13. The second kappa shape index (κ2) is 12.3. The maximum atomic E-state index is 13.1. The molecule has 2 rings (SSSR count). The Kier molecular flexibility index (Phi) is 10.7. The molecule has 0 aliphatic carbocycles. The lowest BCUT2D eigenvalue weighted by Crippen LogP contribution is -2.47. The number of amides is 3. The second-order valence-electron chi connectivity index (χ2n) is 8.33. The van der Waals surface area contributed by atoms with Gasteiger partial charge in [-0.1, -0.05) is 31.5 Å². The van der Waals surface area contributed by atoms with E-state index in [0.29, 0.717) is 6.42 Å². The van der Waals surface area contributed by atoms with Crippen LogP contribution in [0.3, 0.4) is 0 Å². The van der Waals surface area contributed by atoms with Gasteiger partial charge in [0.05, 0.1) is 17.5 Å². The molecule has 1 aliphatic heterocycles. The monoisotopic (exact) mass is 505 g/mol. The highest BCUT2D eigenvalue weighted by Crippen LogP contribution is 2.27. The van der Waals surface area contributed by atoms with Gasteiger partial charge in [0.15, 0.2) is 0 Å². The lowest BCUT2D eigenvalue weighted by molar-refractivity contribution is -0.132. The maximum Gasteiger partial charge on any atom is 0.261 e. The molecule has 1 aliphatic rings. The number of hydrogen-bond acceptors (Lipinski definition) is 7. The number of nitrogens with one attached hydrogen (secondary N) is 3. The smallest absolute Gasteiger partial charge is 0.261 e. The molecular weight excluding hydrogens is 474 g/mol. The molecule has 1 fully saturated rings. The zero-order valence-corrected chi connectivity index (χ0v) is 20.4. The summed E-state index contributed by atoms with van der Waals surface area (Å²) in [6.07, 6.45) is 0.434. The lowest BCUT2D eigenvalue weighted by atomic mass is 10.0. The number of sulfonamides is 1. The zero-order valence-electron chi connectivity index (χ0n) is 18.8. The highest BCUT2D eigenvalue weighted by molar-refractivity contribution is 7.89. The molecule has 6 N–H and O–H groups in total. The van der Waals surface area contributed by atoms with Crippen LogP contribution in [0.2, 0.25) is 0 Å². The van der Waals surface area contributed by atoms with E-state index in [1.165, 1.54) is 17.6 Å². The Morgan fingerprint density at radius 3 is 2.36 bits per heavy atom. The molecule has 3 atom stereocenters. The fourth-order valence-corrected chi connectivity index (χ4v) is 5.17. The van der Waals surface area contributed by atoms with Crippen molar-refractivity contribution in [2.75, 3.05) is 13.1 Å². The van der Waals surface area contributed by atoms with Gasteiger partial charge >= 0.3 is 0 Å². The molecule has 0 unspecified atom stereocenters. The number of aryl methyl sites for hydroxylation is 1. The second-order valence-corrected chi connectivity index (χ2v) is 10.2. The summed E-state index contributed by atoms with van der Waals surface area (Å²) in [7, 11) is -4.05. The quantitative estimate of drug-likeness (QED) is 0.225. The minimum atomic E-state index is -4.05. The zero-order chi connectivity index (χ0) is 24.1. The van der Waals surface area contributed by atoms with Crippen LogP contribution in [0, 0.1) is 12.8 Å². The molecule has 0 radical (unpaired) electrons. The summed E-state index contributed by atoms with van der Waals surface area (Å²) < 4.78 is 27.1. The first-order valence-electron chi connectivity index (χ1n) is 10.3. The third-order valence-electron chi connectivity index (χ3n) is 5.15. The third kappa shape index (κ3) is 7.64. The van der Waals surface area contributed by atoms with Gasteiger partial charge in [0.25, 0.3) is 5.91 Å². The van der Waals surface area contributed by atoms with Crippen molar-refractivity contribution >= 4 is 40.2 Å². The third-order valence-corrected chi connectivity index (χ3v) is 7.04. The number of benzene rings is 1. The van der Waals surface area contributed by atoms with E-state index >= 15 is 0 Å². The van der Waals surface area contributed by atoms with E-state index in [2.05, 4.69) is 10.6 Å². The van der Waals surface area contributed by atoms with Crippen LogP contribution in [-0.2, 0) is 24.4 Å². The Balaban J connectivity index is 0.00000544. The minimum absolute atomic E-state index is 0. The average molecular weight is 506 g/mol. The Hall–Kier alpha value is -2.25. The Morgan fingerprint density at radius 1 is 1.21 bits per heavy atom. The highest BCUT2D eigenvalue weighted by atomic mass is 35.5. The van der Waals surface area contributed by atoms with E-state index in [1.54, 1.807) is 12.1 Å². The average Bonchev–Trinajstić information content (AvgIpc) is 3.15. The molecule has 186 valence electrons. The molecule has 0 aromatic heterocycles. The van der Waals surface area contributed by atoms with E-state index in [0.717, 1.165) is 9.87 Å². The van der Waals surface area contributed by atoms with Gasteiger partial charge in [-0.25, -0.2) is 13.9 Å². The van der Waals surface area contributed by atoms with Crippen molar-refractivity contribution in [1.29, 1.82) is 0 Å². The highest BCUT2D eigenvalue weighted by Gasteiger charge is 2.44. The summed E-state index contributed by atoms with van der Waals surface area (Å²) >= 11 is 0. The molecular formula is C20H32ClN5O6S. The number of nitrogens with two attached hydrogens (primary N) is 1. The lowest BCUT2D eigenvalue weighted by Gasteiger charge is -2.22. The van der Waals surface area contributed by atoms with E-state index in [1.807, 2.05) is 20.8 Å². The molecule has 0 bridgehead atoms. The van der Waals surface area contributed by atoms with Crippen molar-refractivity contribution < 1.29 is 28.0 Å². The normalized spacial score (nSPS) is 19.5. The van der Waals surface area contributed by atoms with Gasteiger partial charge in [0.1, 0.15) is 6.04 Å². The number of carbonyl (C=O) groups is 3. The van der Waals surface area contributed by atoms with Gasteiger partial charge in [0, 0.05) is 12.6 Å². The Labute approximate surface area is 199 Å². The van der Waals surface area contributed by atoms with Crippen LogP contribution in [0.15, 0.2) is 29.2 Å². The van der Waals surface area contributed by atoms with Crippen molar-refractivity contribution in [2.24, 2.45) is 11.7 Å². The van der Waals surface area contributed by atoms with E-state index in [4.69, 9.17) is 10.9 Å². The van der Waals surface area contributed by atoms with Gasteiger partial charge in [-0.3, -0.25) is 19.6 Å². The predicted octanol–water partition coefficient (Wildman–Crippen LogP) is -0.340. The summed E-state index contributed by atoms with van der Waals surface area (Å²) in [4.78, 5) is 36.4. The standard InChI is InChI=1S/C20H31N5O6S.ClH/c1-12(2)8-16(21)19(27)22-10-18(26)23-14-9-17(20(28)24-29)25(11-14)32(30,31)15-6-4-13(3)5-7-15;/h4-7,12,14,16-17,29H,8-11,21H2,1-3H3,(H,22,27)(H,23,26)(H,24,28);1H/t14-,16-,17-;/m0./s1. The minimum Gasteiger partial charge on any atom is -0.350 e. The van der Waals surface area contributed by atoms with Crippen molar-refractivity contribution in [1.82, 2.24) is 20.4 Å². The molecule has 0 spiro atoms. The number of hydroxylamine groups is 1. The molecule has 1 aromatic carbocycles. The summed E-state index contributed by atoms with van der Waals surface area (Å²) in [5, 5.41) is 14.1. The number of nitrogens with zero attached hydrogens (tertiary/aromatic N) is 1. The summed E-state index contributed by atoms with van der Waals surface area (Å²) in [6, 6.07) is 3.51. The molecule has 1 heterocycles. The number of halogens is 1. The SMILES string of the molecule is Cc1ccc(S(=O)(=O)N2C[C@@H](NC(=O)CNC(=O)[C@@H](N)CC(C)C)C[C@H]2C(=O)NO)cc1.Cl. The Bertz CT molecular complexity index is 941. The van der Waals surface area contributed by atoms with E-state index in [-0.39, 0.29) is 42.7 Å². The largest absolute Gasteiger partial charge is 0.350 e. The van der Waals surface area contributed by atoms with Crippen molar-refractivity contribution in [3.05, 3.63) is 29.8 Å². The van der Waals surface area contributed by atoms with Crippen molar-refractivity contribution in [3.8, 4) is 0 Å². The van der Waals surface area contributed by atoms with E-state index in [9.17, 15) is 22.8 Å². The molecule has 1 aromatic rings. The molecule has 1 saturated heterocycles. The first kappa shape index (κ1) is 28.8. The first-order chi connectivity index (χ1) is 14.9. The predicted molar refractivity (Wildman–Crippen MR) is 123 cm³/mol. The van der Waals surface area contributed by atoms with E-state index < -0.39 is 45.9 Å². The number of rotatable bonds is 9. The van der Waals surface area contributed by atoms with Gasteiger partial charge < -0.3 is 16.4 Å². The summed E-state index contributed by atoms with van der Waals surface area (Å²) in [5.74, 6) is -1.68. The topological polar surface area (TPSA) is 171 Å². The first-order valence-corrected chi connectivity index (χ1v) is 11.7. The van der Waals surface area contributed by atoms with Crippen LogP contribution in [0.25, 0.3) is 0 Å². The van der Waals surface area contributed by atoms with Crippen LogP contribution < -0.4 is 21.8 Å². The number of carbonyl (C=O) groups excluding carboxylic acids is 3. The number of hydrogen-bond donors (Lipinski definition) is 5. The van der Waals surface area contributed by atoms with Crippen molar-refractivity contribution in [3.63, 3.8) is 0 Å². The van der Waals surface area contributed by atoms with Crippen LogP contribution in [-0.4, -0.2) is 66.9 Å². The van der Waals surface area contributed by atoms with Gasteiger partial charge in [-0.05, 0) is 37.8 Å². The molecule has 3 amide bonds. The van der Waals surface area contributed by atoms with Crippen LogP contribution in [0.1, 0.15) is 32.3 Å². The van der Waals surface area contributed by atoms with Gasteiger partial charge in [-0.2, -0.15) is 4.31 Å². The molecule has 11 nitrogen and oxygen atoms in total. The summed E-state index contributed by atoms with van der Waals surface area (Å²) in [6.45, 7) is 5.17.